The van der Waals surface area contributed by atoms with Crippen molar-refractivity contribution in [1.29, 1.82) is 0 Å². The van der Waals surface area contributed by atoms with Gasteiger partial charge in [-0.1, -0.05) is 32.1 Å². The Hall–Kier alpha value is -2.58. The van der Waals surface area contributed by atoms with E-state index >= 15 is 0 Å². The molecule has 4 aliphatic carbocycles. The molecule has 0 aromatic heterocycles. The van der Waals surface area contributed by atoms with Crippen molar-refractivity contribution in [3.63, 3.8) is 0 Å². The number of fused-ring (bicyclic) bond motifs is 7. The number of aliphatic hydroxyl groups excluding tert-OH is 12. The fraction of sp³-hybridized carbons (Fsp3) is 0.897. The van der Waals surface area contributed by atoms with E-state index in [1.54, 1.807) is 0 Å². The molecule has 7 saturated heterocycles. The minimum absolute atomic E-state index is 0.0471. The maximum atomic E-state index is 12.7. The van der Waals surface area contributed by atoms with Gasteiger partial charge in [0.15, 0.2) is 37.6 Å². The Balaban J connectivity index is 0.877. The molecule has 13 N–H and O–H groups in total. The zero-order chi connectivity index (χ0) is 62.7. The highest BCUT2D eigenvalue weighted by Gasteiger charge is 2.74. The van der Waals surface area contributed by atoms with E-state index in [0.29, 0.717) is 32.1 Å². The molecular weight excluding hydrogens is 1160 g/mol. The van der Waals surface area contributed by atoms with Crippen LogP contribution in [0.3, 0.4) is 0 Å². The lowest BCUT2D eigenvalue weighted by Crippen LogP contribution is -2.66. The van der Waals surface area contributed by atoms with Gasteiger partial charge < -0.3 is 133 Å². The first-order chi connectivity index (χ1) is 41.1. The molecule has 494 valence electrons. The second kappa shape index (κ2) is 25.0. The van der Waals surface area contributed by atoms with Crippen molar-refractivity contribution in [3.05, 3.63) is 23.8 Å². The topological polar surface area (TPSA) is 426 Å². The number of carbonyl (C=O) groups is 2. The van der Waals surface area contributed by atoms with Gasteiger partial charge in [-0.15, -0.1) is 0 Å². The van der Waals surface area contributed by atoms with Crippen molar-refractivity contribution < 1.29 is 142 Å². The van der Waals surface area contributed by atoms with Crippen molar-refractivity contribution in [2.45, 2.75) is 245 Å². The van der Waals surface area contributed by atoms with Gasteiger partial charge >= 0.3 is 11.9 Å². The SMILES string of the molecule is C=C1COC2(O[C@H]3CC4C5CC=C6C[C@@H](O)C[C@@H](O[C@@H]7OC[C@H](O)[C@H](O[C@@H]8OC[C@@H](O)[C@H](O)[C@H]8O)[C@H]7O[C@@H]7O[C@@H](C)[C@H](OC(C)=O)[C@@H](O[C@@H]8OC[C@](O)(CO)[C@H]8O)[C@H]7O)[C@]6(C)C5CC[C@]4(C)[C@H]3[C@@H]2COC(C)=O)[C@@H](O)[C@H]1O[C@@H]1O[C@H](C)[C@H](O)[C@H](O)[C@H]1O. The van der Waals surface area contributed by atoms with Crippen LogP contribution in [0.5, 0.6) is 0 Å². The molecular formula is C58H88O29. The number of allylic oxidation sites excluding steroid dienone is 1. The lowest BCUT2D eigenvalue weighted by Gasteiger charge is -2.61. The highest BCUT2D eigenvalue weighted by molar-refractivity contribution is 5.66. The predicted octanol–water partition coefficient (Wildman–Crippen LogP) is -4.24. The summed E-state index contributed by atoms with van der Waals surface area (Å²) < 4.78 is 86.6. The molecule has 0 amide bonds. The van der Waals surface area contributed by atoms with E-state index in [1.807, 2.05) is 0 Å². The molecule has 1 spiro atoms. The Morgan fingerprint density at radius 2 is 1.36 bits per heavy atom. The van der Waals surface area contributed by atoms with Gasteiger partial charge in [-0.25, -0.2) is 0 Å². The van der Waals surface area contributed by atoms with Crippen LogP contribution in [0.1, 0.15) is 80.1 Å². The smallest absolute Gasteiger partial charge is 0.303 e. The van der Waals surface area contributed by atoms with Crippen molar-refractivity contribution in [2.24, 2.45) is 40.4 Å². The van der Waals surface area contributed by atoms with Crippen molar-refractivity contribution >= 4 is 11.9 Å². The molecule has 10 fully saturated rings. The van der Waals surface area contributed by atoms with Gasteiger partial charge in [0.2, 0.25) is 5.79 Å². The average molecular weight is 1250 g/mol. The Labute approximate surface area is 501 Å². The lowest BCUT2D eigenvalue weighted by molar-refractivity contribution is -0.387. The first-order valence-corrected chi connectivity index (χ1v) is 30.3. The molecule has 0 aromatic carbocycles. The van der Waals surface area contributed by atoms with Crippen LogP contribution in [0.2, 0.25) is 0 Å². The van der Waals surface area contributed by atoms with Crippen LogP contribution >= 0.6 is 0 Å². The molecule has 0 aromatic rings. The normalized spacial score (nSPS) is 54.1. The third-order valence-corrected chi connectivity index (χ3v) is 21.3. The van der Waals surface area contributed by atoms with E-state index in [9.17, 15) is 76.0 Å². The highest BCUT2D eigenvalue weighted by atomic mass is 16.8. The molecule has 87 heavy (non-hydrogen) atoms. The average Bonchev–Trinajstić information content (AvgIpc) is 1.58. The number of carbonyl (C=O) groups excluding carboxylic acids is 2. The second-order valence-corrected chi connectivity index (χ2v) is 26.5. The van der Waals surface area contributed by atoms with Crippen LogP contribution in [0.15, 0.2) is 23.8 Å². The van der Waals surface area contributed by atoms with Crippen molar-refractivity contribution in [2.75, 3.05) is 39.6 Å². The predicted molar refractivity (Wildman–Crippen MR) is 285 cm³/mol. The minimum atomic E-state index is -2.15. The first kappa shape index (κ1) is 65.9. The van der Waals surface area contributed by atoms with Gasteiger partial charge in [-0.3, -0.25) is 9.59 Å². The van der Waals surface area contributed by atoms with Crippen molar-refractivity contribution in [1.82, 2.24) is 0 Å². The third kappa shape index (κ3) is 11.5. The maximum absolute atomic E-state index is 12.7. The Kier molecular flexibility index (Phi) is 19.0. The number of aliphatic hydroxyl groups is 13. The van der Waals surface area contributed by atoms with E-state index in [0.717, 1.165) is 12.5 Å². The number of hydrogen-bond acceptors (Lipinski definition) is 29. The molecule has 11 aliphatic rings. The third-order valence-electron chi connectivity index (χ3n) is 21.3. The molecule has 11 rings (SSSR count). The number of esters is 2. The summed E-state index contributed by atoms with van der Waals surface area (Å²) in [5.74, 6) is -4.53. The van der Waals surface area contributed by atoms with Crippen LogP contribution in [0, 0.1) is 40.4 Å². The fourth-order valence-corrected chi connectivity index (χ4v) is 16.6. The van der Waals surface area contributed by atoms with Crippen molar-refractivity contribution in [3.8, 4) is 0 Å². The van der Waals surface area contributed by atoms with Gasteiger partial charge in [-0.05, 0) is 74.7 Å². The summed E-state index contributed by atoms with van der Waals surface area (Å²) in [4.78, 5) is 25.1. The summed E-state index contributed by atoms with van der Waals surface area (Å²) in [5.41, 5.74) is -2.31. The van der Waals surface area contributed by atoms with E-state index in [1.165, 1.54) is 20.8 Å². The monoisotopic (exact) mass is 1250 g/mol. The van der Waals surface area contributed by atoms with Crippen LogP contribution < -0.4 is 0 Å². The zero-order valence-corrected chi connectivity index (χ0v) is 49.4. The van der Waals surface area contributed by atoms with E-state index in [-0.39, 0.29) is 48.9 Å². The van der Waals surface area contributed by atoms with Gasteiger partial charge in [0.1, 0.15) is 91.1 Å². The minimum Gasteiger partial charge on any atom is -0.465 e. The molecule has 34 atom stereocenters. The number of ether oxygens (including phenoxy) is 14. The molecule has 4 unspecified atom stereocenters. The first-order valence-electron chi connectivity index (χ1n) is 30.3. The Morgan fingerprint density at radius 1 is 0.690 bits per heavy atom. The van der Waals surface area contributed by atoms with Gasteiger partial charge in [0, 0.05) is 31.6 Å². The number of rotatable bonds is 14. The molecule has 7 aliphatic heterocycles. The summed E-state index contributed by atoms with van der Waals surface area (Å²) in [7, 11) is 0. The van der Waals surface area contributed by atoms with Crippen LogP contribution in [0.25, 0.3) is 0 Å². The van der Waals surface area contributed by atoms with Gasteiger partial charge in [0.25, 0.3) is 0 Å². The molecule has 0 radical (unpaired) electrons. The summed E-state index contributed by atoms with van der Waals surface area (Å²) in [5, 5.41) is 144. The standard InChI is InChI=1S/C58H88O29/c1-21-15-78-58(48(71)43(21)83-51-41(69)39(67)37(65)22(2)79-51)31(16-74-24(4)60)36-34(87-58)14-30-28-9-8-26-12-27(62)13-35(56(26,7)29(28)10-11-55(30,36)6)82-53-47(45(33(64)18-76-53)84-50-40(68)38(66)32(63)17-75-50)86-52-42(70)46(44(23(3)80-52)81-25(5)61)85-54-49(72)57(73,19-59)20-77-54/h8,22-23,27-54,59,62-73H,1,9-20H2,2-7H3/t22-,23+,27-,28?,29?,30?,31+,32-,33+,34+,35-,36+,37+,38+,39+,40-,41-,42-,43+,44+,45+,46+,47-,48+,49+,50+,51+,52+,53+,54+,55+,56+,57-,58?/m1/s1. The van der Waals surface area contributed by atoms with E-state index in [4.69, 9.17) is 66.3 Å². The lowest BCUT2D eigenvalue weighted by atomic mass is 9.46. The number of hydrogen-bond donors (Lipinski definition) is 13. The Morgan fingerprint density at radius 3 is 2.06 bits per heavy atom. The van der Waals surface area contributed by atoms with E-state index < -0.39 is 220 Å². The van der Waals surface area contributed by atoms with Crippen LogP contribution in [-0.4, -0.2) is 283 Å². The molecule has 3 saturated carbocycles. The summed E-state index contributed by atoms with van der Waals surface area (Å²) in [6, 6.07) is 0. The van der Waals surface area contributed by atoms with Gasteiger partial charge in [0.05, 0.1) is 76.1 Å². The summed E-state index contributed by atoms with van der Waals surface area (Å²) in [6.07, 6.45) is -32.1. The largest absolute Gasteiger partial charge is 0.465 e. The highest BCUT2D eigenvalue weighted by Crippen LogP contribution is 2.71. The summed E-state index contributed by atoms with van der Waals surface area (Å²) in [6.45, 7) is 10.9. The zero-order valence-electron chi connectivity index (χ0n) is 49.4. The maximum Gasteiger partial charge on any atom is 0.303 e. The van der Waals surface area contributed by atoms with E-state index in [2.05, 4.69) is 26.5 Å². The Bertz CT molecular complexity index is 2510. The van der Waals surface area contributed by atoms with Crippen LogP contribution in [0.4, 0.5) is 0 Å². The molecule has 7 heterocycles. The fourth-order valence-electron chi connectivity index (χ4n) is 16.6. The quantitative estimate of drug-likeness (QED) is 0.0579. The van der Waals surface area contributed by atoms with Gasteiger partial charge in [-0.2, -0.15) is 0 Å². The van der Waals surface area contributed by atoms with Crippen LogP contribution in [-0.2, 0) is 75.9 Å². The molecule has 29 heteroatoms. The summed E-state index contributed by atoms with van der Waals surface area (Å²) >= 11 is 0. The second-order valence-electron chi connectivity index (χ2n) is 26.5. The molecule has 0 bridgehead atoms. The molecule has 29 nitrogen and oxygen atoms in total.